The van der Waals surface area contributed by atoms with E-state index in [1.54, 1.807) is 7.11 Å². The molecule has 1 unspecified atom stereocenters. The van der Waals surface area contributed by atoms with Gasteiger partial charge in [-0.25, -0.2) is 0 Å². The maximum absolute atomic E-state index is 10.6. The Balaban J connectivity index is 3.79. The van der Waals surface area contributed by atoms with Crippen LogP contribution in [0.2, 0.25) is 0 Å². The van der Waals surface area contributed by atoms with Gasteiger partial charge < -0.3 is 10.1 Å². The predicted octanol–water partition coefficient (Wildman–Crippen LogP) is 0.159. The molecule has 0 heterocycles. The number of hydrogen-bond acceptors (Lipinski definition) is 2. The van der Waals surface area contributed by atoms with E-state index in [0.29, 0.717) is 0 Å². The molecule has 0 aromatic heterocycles. The number of amides is 1. The summed E-state index contributed by atoms with van der Waals surface area (Å²) >= 11 is 0. The molecular weight excluding hydrogens is 142 g/mol. The molecule has 3 nitrogen and oxygen atoms in total. The highest BCUT2D eigenvalue weighted by Crippen LogP contribution is 1.94. The van der Waals surface area contributed by atoms with Gasteiger partial charge in [0.05, 0.1) is 12.1 Å². The van der Waals surface area contributed by atoms with Crippen molar-refractivity contribution in [2.45, 2.75) is 26.0 Å². The lowest BCUT2D eigenvalue weighted by molar-refractivity contribution is -0.117. The van der Waals surface area contributed by atoms with Gasteiger partial charge in [-0.2, -0.15) is 0 Å². The van der Waals surface area contributed by atoms with Gasteiger partial charge in [0.15, 0.2) is 0 Å². The van der Waals surface area contributed by atoms with Gasteiger partial charge >= 0.3 is 0 Å². The fourth-order valence-electron chi connectivity index (χ4n) is 0.570. The molecule has 0 fully saturated rings. The van der Waals surface area contributed by atoms with Crippen LogP contribution in [0.3, 0.4) is 0 Å². The summed E-state index contributed by atoms with van der Waals surface area (Å²) in [6, 6.07) is -0.0523. The normalized spacial score (nSPS) is 14.7. The second-order valence-corrected chi connectivity index (χ2v) is 2.35. The zero-order valence-electron chi connectivity index (χ0n) is 7.05. The third-order valence-corrected chi connectivity index (χ3v) is 1.57. The molecular formula is C8H13NO2. The fraction of sp³-hybridized carbons (Fsp3) is 0.625. The predicted molar refractivity (Wildman–Crippen MR) is 42.9 cm³/mol. The fourth-order valence-corrected chi connectivity index (χ4v) is 0.570. The first-order valence-corrected chi connectivity index (χ1v) is 3.41. The molecule has 1 amide bonds. The maximum Gasteiger partial charge on any atom is 0.295 e. The Morgan fingerprint density at radius 3 is 2.55 bits per heavy atom. The number of terminal acetylenes is 1. The van der Waals surface area contributed by atoms with Crippen LogP contribution in [-0.4, -0.2) is 25.2 Å². The van der Waals surface area contributed by atoms with Gasteiger partial charge in [-0.3, -0.25) is 4.79 Å². The van der Waals surface area contributed by atoms with E-state index in [1.165, 1.54) is 0 Å². The quantitative estimate of drug-likeness (QED) is 0.589. The smallest absolute Gasteiger partial charge is 0.295 e. The zero-order valence-corrected chi connectivity index (χ0v) is 7.05. The monoisotopic (exact) mass is 155 g/mol. The van der Waals surface area contributed by atoms with Crippen molar-refractivity contribution in [2.75, 3.05) is 7.11 Å². The Kier molecular flexibility index (Phi) is 4.32. The van der Waals surface area contributed by atoms with Gasteiger partial charge in [0.25, 0.3) is 5.91 Å². The van der Waals surface area contributed by atoms with Crippen LogP contribution in [0.5, 0.6) is 0 Å². The van der Waals surface area contributed by atoms with Crippen LogP contribution >= 0.6 is 0 Å². The number of carbonyl (C=O) groups is 1. The van der Waals surface area contributed by atoms with Crippen LogP contribution in [0.1, 0.15) is 13.8 Å². The van der Waals surface area contributed by atoms with Crippen LogP contribution in [0.15, 0.2) is 0 Å². The summed E-state index contributed by atoms with van der Waals surface area (Å²) in [6.07, 6.45) is 4.84. The Morgan fingerprint density at radius 1 is 1.64 bits per heavy atom. The first-order chi connectivity index (χ1) is 5.11. The summed E-state index contributed by atoms with van der Waals surface area (Å²) in [5, 5.41) is 2.58. The SMILES string of the molecule is C#CC(=O)N[C@H](C)C(C)OC. The van der Waals surface area contributed by atoms with Gasteiger partial charge in [-0.1, -0.05) is 0 Å². The zero-order chi connectivity index (χ0) is 8.85. The Hall–Kier alpha value is -1.01. The van der Waals surface area contributed by atoms with E-state index >= 15 is 0 Å². The van der Waals surface area contributed by atoms with Crippen molar-refractivity contribution in [3.8, 4) is 12.3 Å². The van der Waals surface area contributed by atoms with E-state index in [-0.39, 0.29) is 12.1 Å². The second-order valence-electron chi connectivity index (χ2n) is 2.35. The highest BCUT2D eigenvalue weighted by molar-refractivity contribution is 5.92. The summed E-state index contributed by atoms with van der Waals surface area (Å²) in [6.45, 7) is 3.70. The maximum atomic E-state index is 10.6. The van der Waals surface area contributed by atoms with Gasteiger partial charge in [0.1, 0.15) is 0 Å². The van der Waals surface area contributed by atoms with Crippen molar-refractivity contribution in [1.82, 2.24) is 5.32 Å². The van der Waals surface area contributed by atoms with Crippen molar-refractivity contribution in [3.05, 3.63) is 0 Å². The van der Waals surface area contributed by atoms with E-state index in [4.69, 9.17) is 11.2 Å². The molecule has 0 aromatic rings. The number of rotatable bonds is 3. The van der Waals surface area contributed by atoms with Gasteiger partial charge in [-0.05, 0) is 19.8 Å². The first kappa shape index (κ1) is 9.99. The Morgan fingerprint density at radius 2 is 2.18 bits per heavy atom. The summed E-state index contributed by atoms with van der Waals surface area (Å²) in [5.74, 6) is 1.57. The highest BCUT2D eigenvalue weighted by atomic mass is 16.5. The number of carbonyl (C=O) groups excluding carboxylic acids is 1. The van der Waals surface area contributed by atoms with E-state index in [9.17, 15) is 4.79 Å². The topological polar surface area (TPSA) is 38.3 Å². The minimum Gasteiger partial charge on any atom is -0.380 e. The number of ether oxygens (including phenoxy) is 1. The summed E-state index contributed by atoms with van der Waals surface area (Å²) in [5.41, 5.74) is 0. The van der Waals surface area contributed by atoms with Gasteiger partial charge in [-0.15, -0.1) is 6.42 Å². The molecule has 0 aliphatic carbocycles. The van der Waals surface area contributed by atoms with Crippen molar-refractivity contribution >= 4 is 5.91 Å². The van der Waals surface area contributed by atoms with Crippen LogP contribution in [0.25, 0.3) is 0 Å². The van der Waals surface area contributed by atoms with E-state index < -0.39 is 5.91 Å². The third kappa shape index (κ3) is 3.64. The molecule has 0 bridgehead atoms. The van der Waals surface area contributed by atoms with Crippen LogP contribution in [-0.2, 0) is 9.53 Å². The van der Waals surface area contributed by atoms with E-state index in [1.807, 2.05) is 19.8 Å². The highest BCUT2D eigenvalue weighted by Gasteiger charge is 2.11. The van der Waals surface area contributed by atoms with Crippen LogP contribution in [0, 0.1) is 12.3 Å². The number of nitrogens with one attached hydrogen (secondary N) is 1. The van der Waals surface area contributed by atoms with Crippen molar-refractivity contribution < 1.29 is 9.53 Å². The standard InChI is InChI=1S/C8H13NO2/c1-5-8(10)9-6(2)7(3)11-4/h1,6-7H,2-4H3,(H,9,10)/t6-,7?/m1/s1. The van der Waals surface area contributed by atoms with Crippen LogP contribution in [0.4, 0.5) is 0 Å². The van der Waals surface area contributed by atoms with E-state index in [2.05, 4.69) is 5.32 Å². The molecule has 2 atom stereocenters. The molecule has 0 rings (SSSR count). The summed E-state index contributed by atoms with van der Waals surface area (Å²) in [4.78, 5) is 10.6. The second kappa shape index (κ2) is 4.75. The first-order valence-electron chi connectivity index (χ1n) is 3.41. The molecule has 0 aliphatic rings. The largest absolute Gasteiger partial charge is 0.380 e. The Labute approximate surface area is 67.1 Å². The van der Waals surface area contributed by atoms with Gasteiger partial charge in [0.2, 0.25) is 0 Å². The molecule has 0 aromatic carbocycles. The minimum absolute atomic E-state index is 0.0210. The Bertz CT molecular complexity index is 171. The van der Waals surface area contributed by atoms with E-state index in [0.717, 1.165) is 0 Å². The van der Waals surface area contributed by atoms with Crippen molar-refractivity contribution in [2.24, 2.45) is 0 Å². The van der Waals surface area contributed by atoms with Crippen molar-refractivity contribution in [1.29, 1.82) is 0 Å². The molecule has 0 saturated carbocycles. The lowest BCUT2D eigenvalue weighted by Crippen LogP contribution is -2.39. The molecule has 0 saturated heterocycles. The molecule has 0 radical (unpaired) electrons. The van der Waals surface area contributed by atoms with Gasteiger partial charge in [0, 0.05) is 7.11 Å². The molecule has 0 aliphatic heterocycles. The van der Waals surface area contributed by atoms with Crippen molar-refractivity contribution in [3.63, 3.8) is 0 Å². The number of hydrogen-bond donors (Lipinski definition) is 1. The number of methoxy groups -OCH3 is 1. The molecule has 62 valence electrons. The average molecular weight is 155 g/mol. The lowest BCUT2D eigenvalue weighted by Gasteiger charge is -2.18. The summed E-state index contributed by atoms with van der Waals surface area (Å²) < 4.78 is 4.97. The molecule has 11 heavy (non-hydrogen) atoms. The lowest BCUT2D eigenvalue weighted by atomic mass is 10.2. The third-order valence-electron chi connectivity index (χ3n) is 1.57. The molecule has 0 spiro atoms. The molecule has 1 N–H and O–H groups in total. The minimum atomic E-state index is -0.401. The van der Waals surface area contributed by atoms with Crippen LogP contribution < -0.4 is 5.32 Å². The summed E-state index contributed by atoms with van der Waals surface area (Å²) in [7, 11) is 1.59. The molecule has 3 heteroatoms. The average Bonchev–Trinajstić information content (AvgIpc) is 2.02.